The van der Waals surface area contributed by atoms with Crippen molar-refractivity contribution in [2.75, 3.05) is 11.5 Å². The van der Waals surface area contributed by atoms with Crippen molar-refractivity contribution in [3.05, 3.63) is 29.6 Å². The zero-order valence-electron chi connectivity index (χ0n) is 10.3. The van der Waals surface area contributed by atoms with Crippen LogP contribution in [0.5, 0.6) is 0 Å². The first-order valence-corrected chi connectivity index (χ1v) is 8.66. The molecule has 0 aromatic heterocycles. The molecule has 7 heteroatoms. The molecule has 1 heterocycles. The Morgan fingerprint density at radius 2 is 2.05 bits per heavy atom. The highest BCUT2D eigenvalue weighted by atomic mass is 32.2. The minimum atomic E-state index is -3.78. The predicted octanol–water partition coefficient (Wildman–Crippen LogP) is 1.49. The molecule has 4 nitrogen and oxygen atoms in total. The molecule has 0 atom stereocenters. The average Bonchev–Trinajstić information content (AvgIpc) is 2.39. The molecular formula is C12H16FNO3S2. The van der Waals surface area contributed by atoms with Gasteiger partial charge in [-0.3, -0.25) is 0 Å². The van der Waals surface area contributed by atoms with E-state index in [0.717, 1.165) is 36.5 Å². The molecule has 2 rings (SSSR count). The van der Waals surface area contributed by atoms with Crippen LogP contribution >= 0.6 is 11.8 Å². The average molecular weight is 305 g/mol. The lowest BCUT2D eigenvalue weighted by molar-refractivity contribution is 0.278. The van der Waals surface area contributed by atoms with Crippen molar-refractivity contribution in [3.8, 4) is 0 Å². The minimum Gasteiger partial charge on any atom is -0.392 e. The molecule has 2 N–H and O–H groups in total. The molecule has 1 aromatic rings. The van der Waals surface area contributed by atoms with Gasteiger partial charge in [-0.1, -0.05) is 6.07 Å². The van der Waals surface area contributed by atoms with E-state index in [0.29, 0.717) is 0 Å². The number of rotatable bonds is 4. The molecule has 0 saturated carbocycles. The lowest BCUT2D eigenvalue weighted by Gasteiger charge is -2.23. The van der Waals surface area contributed by atoms with Gasteiger partial charge in [-0.05, 0) is 42.0 Å². The largest absolute Gasteiger partial charge is 0.392 e. The topological polar surface area (TPSA) is 66.4 Å². The van der Waals surface area contributed by atoms with Crippen molar-refractivity contribution < 1.29 is 17.9 Å². The SMILES string of the molecule is O=S(=O)(NC1CCSCC1)c1cc(F)ccc1CO. The number of nitrogens with one attached hydrogen (secondary N) is 1. The molecule has 0 aliphatic carbocycles. The van der Waals surface area contributed by atoms with Crippen LogP contribution in [0.4, 0.5) is 4.39 Å². The molecule has 19 heavy (non-hydrogen) atoms. The van der Waals surface area contributed by atoms with E-state index in [4.69, 9.17) is 5.11 Å². The predicted molar refractivity (Wildman–Crippen MR) is 73.0 cm³/mol. The van der Waals surface area contributed by atoms with Gasteiger partial charge in [-0.25, -0.2) is 17.5 Å². The van der Waals surface area contributed by atoms with Crippen molar-refractivity contribution in [2.24, 2.45) is 0 Å². The summed E-state index contributed by atoms with van der Waals surface area (Å²) >= 11 is 1.80. The van der Waals surface area contributed by atoms with E-state index in [1.165, 1.54) is 6.07 Å². The van der Waals surface area contributed by atoms with E-state index < -0.39 is 22.4 Å². The van der Waals surface area contributed by atoms with Crippen LogP contribution in [0.3, 0.4) is 0 Å². The maximum atomic E-state index is 13.2. The smallest absolute Gasteiger partial charge is 0.241 e. The van der Waals surface area contributed by atoms with Crippen molar-refractivity contribution >= 4 is 21.8 Å². The van der Waals surface area contributed by atoms with E-state index >= 15 is 0 Å². The van der Waals surface area contributed by atoms with Crippen LogP contribution in [0.15, 0.2) is 23.1 Å². The monoisotopic (exact) mass is 305 g/mol. The summed E-state index contributed by atoms with van der Waals surface area (Å²) in [6, 6.07) is 3.27. The normalized spacial score (nSPS) is 17.6. The van der Waals surface area contributed by atoms with Gasteiger partial charge in [0, 0.05) is 6.04 Å². The van der Waals surface area contributed by atoms with Crippen molar-refractivity contribution in [1.82, 2.24) is 4.72 Å². The zero-order chi connectivity index (χ0) is 13.9. The summed E-state index contributed by atoms with van der Waals surface area (Å²) in [6.07, 6.45) is 1.54. The fourth-order valence-corrected chi connectivity index (χ4v) is 4.66. The maximum absolute atomic E-state index is 13.2. The summed E-state index contributed by atoms with van der Waals surface area (Å²) in [6.45, 7) is -0.433. The summed E-state index contributed by atoms with van der Waals surface area (Å²) in [5, 5.41) is 9.16. The lowest BCUT2D eigenvalue weighted by Crippen LogP contribution is -2.37. The first kappa shape index (κ1) is 14.8. The molecule has 1 aromatic carbocycles. The number of thioether (sulfide) groups is 1. The van der Waals surface area contributed by atoms with Gasteiger partial charge in [0.15, 0.2) is 0 Å². The Bertz CT molecular complexity index is 542. The number of aliphatic hydroxyl groups is 1. The Labute approximate surface area is 116 Å². The van der Waals surface area contributed by atoms with Gasteiger partial charge in [-0.2, -0.15) is 11.8 Å². The van der Waals surface area contributed by atoms with Crippen LogP contribution in [0.1, 0.15) is 18.4 Å². The zero-order valence-corrected chi connectivity index (χ0v) is 11.9. The number of hydrogen-bond acceptors (Lipinski definition) is 4. The Morgan fingerprint density at radius 3 is 2.68 bits per heavy atom. The summed E-state index contributed by atoms with van der Waals surface area (Å²) in [4.78, 5) is -0.173. The van der Waals surface area contributed by atoms with Crippen molar-refractivity contribution in [1.29, 1.82) is 0 Å². The Hall–Kier alpha value is -0.630. The second-order valence-corrected chi connectivity index (χ2v) is 7.33. The third-order valence-corrected chi connectivity index (χ3v) is 5.68. The van der Waals surface area contributed by atoms with Crippen LogP contribution in [0.25, 0.3) is 0 Å². The third-order valence-electron chi connectivity index (χ3n) is 3.03. The Morgan fingerprint density at radius 1 is 1.37 bits per heavy atom. The summed E-state index contributed by atoms with van der Waals surface area (Å²) in [5.74, 6) is 1.21. The molecule has 0 spiro atoms. The highest BCUT2D eigenvalue weighted by Crippen LogP contribution is 2.21. The molecule has 1 aliphatic rings. The number of sulfonamides is 1. The van der Waals surface area contributed by atoms with Gasteiger partial charge in [0.05, 0.1) is 11.5 Å². The van der Waals surface area contributed by atoms with E-state index in [-0.39, 0.29) is 16.5 Å². The fraction of sp³-hybridized carbons (Fsp3) is 0.500. The first-order chi connectivity index (χ1) is 9.03. The van der Waals surface area contributed by atoms with Crippen LogP contribution in [0, 0.1) is 5.82 Å². The highest BCUT2D eigenvalue weighted by molar-refractivity contribution is 7.99. The summed E-state index contributed by atoms with van der Waals surface area (Å²) in [7, 11) is -3.78. The summed E-state index contributed by atoms with van der Waals surface area (Å²) in [5.41, 5.74) is 0.207. The molecule has 0 amide bonds. The lowest BCUT2D eigenvalue weighted by atomic mass is 10.2. The first-order valence-electron chi connectivity index (χ1n) is 6.02. The second kappa shape index (κ2) is 6.21. The van der Waals surface area contributed by atoms with Gasteiger partial charge in [0.2, 0.25) is 10.0 Å². The van der Waals surface area contributed by atoms with Crippen LogP contribution < -0.4 is 4.72 Å². The molecule has 0 bridgehead atoms. The molecule has 1 aliphatic heterocycles. The summed E-state index contributed by atoms with van der Waals surface area (Å²) < 4.78 is 40.3. The van der Waals surface area contributed by atoms with Crippen LogP contribution in [0.2, 0.25) is 0 Å². The molecule has 106 valence electrons. The molecule has 1 saturated heterocycles. The van der Waals surface area contributed by atoms with E-state index in [9.17, 15) is 12.8 Å². The van der Waals surface area contributed by atoms with E-state index in [2.05, 4.69) is 4.72 Å². The number of hydrogen-bond donors (Lipinski definition) is 2. The number of halogens is 1. The van der Waals surface area contributed by atoms with Crippen LogP contribution in [-0.2, 0) is 16.6 Å². The molecule has 0 unspecified atom stereocenters. The fourth-order valence-electron chi connectivity index (χ4n) is 2.01. The van der Waals surface area contributed by atoms with Gasteiger partial charge in [-0.15, -0.1) is 0 Å². The van der Waals surface area contributed by atoms with Crippen LogP contribution in [-0.4, -0.2) is 31.1 Å². The third kappa shape index (κ3) is 3.68. The molecule has 1 fully saturated rings. The maximum Gasteiger partial charge on any atom is 0.241 e. The number of aliphatic hydroxyl groups excluding tert-OH is 1. The minimum absolute atomic E-state index is 0.110. The molecular weight excluding hydrogens is 289 g/mol. The van der Waals surface area contributed by atoms with E-state index in [1.807, 2.05) is 0 Å². The van der Waals surface area contributed by atoms with Gasteiger partial charge < -0.3 is 5.11 Å². The molecule has 0 radical (unpaired) electrons. The van der Waals surface area contributed by atoms with Gasteiger partial charge >= 0.3 is 0 Å². The highest BCUT2D eigenvalue weighted by Gasteiger charge is 2.24. The van der Waals surface area contributed by atoms with Crippen molar-refractivity contribution in [2.45, 2.75) is 30.4 Å². The van der Waals surface area contributed by atoms with Gasteiger partial charge in [0.1, 0.15) is 5.82 Å². The standard InChI is InChI=1S/C12H16FNO3S2/c13-10-2-1-9(8-15)12(7-10)19(16,17)14-11-3-5-18-6-4-11/h1-2,7,11,14-15H,3-6,8H2. The van der Waals surface area contributed by atoms with E-state index in [1.54, 1.807) is 11.8 Å². The van der Waals surface area contributed by atoms with Gasteiger partial charge in [0.25, 0.3) is 0 Å². The second-order valence-electron chi connectivity index (χ2n) is 4.42. The Balaban J connectivity index is 2.25. The van der Waals surface area contributed by atoms with Crippen molar-refractivity contribution in [3.63, 3.8) is 0 Å². The quantitative estimate of drug-likeness (QED) is 0.884. The Kier molecular flexibility index (Phi) is 4.83. The number of benzene rings is 1.